The monoisotopic (exact) mass is 276 g/mol. The van der Waals surface area contributed by atoms with Gasteiger partial charge in [0.1, 0.15) is 5.76 Å². The van der Waals surface area contributed by atoms with Crippen LogP contribution in [-0.4, -0.2) is 11.3 Å². The van der Waals surface area contributed by atoms with E-state index in [-0.39, 0.29) is 5.76 Å². The molecule has 110 valence electrons. The highest BCUT2D eigenvalue weighted by Gasteiger charge is 2.02. The third-order valence-corrected chi connectivity index (χ3v) is 2.80. The van der Waals surface area contributed by atoms with Crippen molar-refractivity contribution in [3.8, 4) is 0 Å². The van der Waals surface area contributed by atoms with Crippen molar-refractivity contribution >= 4 is 5.57 Å². The molecule has 1 aromatic rings. The molecule has 0 aromatic heterocycles. The van der Waals surface area contributed by atoms with Gasteiger partial charge in [-0.2, -0.15) is 0 Å². The van der Waals surface area contributed by atoms with Crippen molar-refractivity contribution < 1.29 is 9.50 Å². The van der Waals surface area contributed by atoms with E-state index in [1.165, 1.54) is 11.1 Å². The van der Waals surface area contributed by atoms with Gasteiger partial charge in [-0.15, -0.1) is 0 Å². The average Bonchev–Trinajstić information content (AvgIpc) is 2.37. The number of allylic oxidation sites excluding steroid dienone is 3. The predicted molar refractivity (Wildman–Crippen MR) is 86.7 cm³/mol. The molecule has 0 fully saturated rings. The van der Waals surface area contributed by atoms with E-state index < -0.39 is 6.17 Å². The van der Waals surface area contributed by atoms with Gasteiger partial charge < -0.3 is 5.11 Å². The van der Waals surface area contributed by atoms with Crippen molar-refractivity contribution in [2.45, 2.75) is 40.3 Å². The Labute approximate surface area is 122 Å². The summed E-state index contributed by atoms with van der Waals surface area (Å²) in [6.07, 6.45) is 3.36. The summed E-state index contributed by atoms with van der Waals surface area (Å²) in [6.45, 7) is 14.7. The van der Waals surface area contributed by atoms with Gasteiger partial charge in [0.25, 0.3) is 0 Å². The summed E-state index contributed by atoms with van der Waals surface area (Å²) in [6, 6.07) is 6.17. The SMILES string of the molecule is C=C/C(=C\C(=C)O)c1ccc(C)cc1C.CCC(C)F. The molecule has 20 heavy (non-hydrogen) atoms. The second-order valence-electron chi connectivity index (χ2n) is 4.80. The van der Waals surface area contributed by atoms with Crippen LogP contribution in [0.25, 0.3) is 5.57 Å². The predicted octanol–water partition coefficient (Wildman–Crippen LogP) is 5.70. The molecule has 1 nitrogen and oxygen atoms in total. The minimum absolute atomic E-state index is 0.0462. The van der Waals surface area contributed by atoms with Crippen molar-refractivity contribution in [2.75, 3.05) is 0 Å². The van der Waals surface area contributed by atoms with Crippen molar-refractivity contribution in [2.24, 2.45) is 0 Å². The van der Waals surface area contributed by atoms with Crippen LogP contribution >= 0.6 is 0 Å². The Morgan fingerprint density at radius 1 is 1.40 bits per heavy atom. The summed E-state index contributed by atoms with van der Waals surface area (Å²) in [5, 5.41) is 9.14. The first-order chi connectivity index (χ1) is 9.31. The lowest BCUT2D eigenvalue weighted by Crippen LogP contribution is -1.88. The standard InChI is InChI=1S/C14H16O.C4H9F/c1-5-13(9-12(4)15)14-7-6-10(2)8-11(14)3;1-3-4(2)5/h5-9,15H,1,4H2,2-3H3;4H,3H2,1-2H3/b13-9+;. The molecule has 0 spiro atoms. The molecule has 1 rings (SSSR count). The van der Waals surface area contributed by atoms with Crippen LogP contribution in [0.15, 0.2) is 49.3 Å². The number of aryl methyl sites for hydroxylation is 2. The number of hydrogen-bond acceptors (Lipinski definition) is 1. The van der Waals surface area contributed by atoms with E-state index in [0.717, 1.165) is 11.1 Å². The first-order valence-electron chi connectivity index (χ1n) is 6.75. The van der Waals surface area contributed by atoms with E-state index in [9.17, 15) is 4.39 Å². The maximum absolute atomic E-state index is 11.4. The minimum atomic E-state index is -0.616. The third kappa shape index (κ3) is 6.93. The normalized spacial score (nSPS) is 12.2. The van der Waals surface area contributed by atoms with Crippen LogP contribution in [0.4, 0.5) is 4.39 Å². The van der Waals surface area contributed by atoms with E-state index in [1.54, 1.807) is 19.1 Å². The molecule has 0 radical (unpaired) electrons. The molecule has 0 amide bonds. The van der Waals surface area contributed by atoms with Gasteiger partial charge in [-0.3, -0.25) is 0 Å². The number of halogens is 1. The highest BCUT2D eigenvalue weighted by atomic mass is 19.1. The number of aliphatic hydroxyl groups excluding tert-OH is 1. The first-order valence-corrected chi connectivity index (χ1v) is 6.75. The third-order valence-electron chi connectivity index (χ3n) is 2.80. The lowest BCUT2D eigenvalue weighted by atomic mass is 9.98. The Kier molecular flexibility index (Phi) is 8.30. The van der Waals surface area contributed by atoms with Crippen molar-refractivity contribution in [1.82, 2.24) is 0 Å². The lowest BCUT2D eigenvalue weighted by Gasteiger charge is -2.07. The van der Waals surface area contributed by atoms with Crippen LogP contribution < -0.4 is 0 Å². The van der Waals surface area contributed by atoms with Crippen LogP contribution in [-0.2, 0) is 0 Å². The largest absolute Gasteiger partial charge is 0.509 e. The number of alkyl halides is 1. The van der Waals surface area contributed by atoms with E-state index >= 15 is 0 Å². The molecule has 1 atom stereocenters. The van der Waals surface area contributed by atoms with Gasteiger partial charge in [0.15, 0.2) is 0 Å². The Morgan fingerprint density at radius 3 is 2.30 bits per heavy atom. The van der Waals surface area contributed by atoms with Gasteiger partial charge >= 0.3 is 0 Å². The number of aliphatic hydroxyl groups is 1. The van der Waals surface area contributed by atoms with Crippen molar-refractivity contribution in [1.29, 1.82) is 0 Å². The number of benzene rings is 1. The maximum atomic E-state index is 11.4. The van der Waals surface area contributed by atoms with Gasteiger partial charge in [-0.25, -0.2) is 4.39 Å². The summed E-state index contributed by atoms with van der Waals surface area (Å²) in [4.78, 5) is 0. The first kappa shape index (κ1) is 18.2. The molecular weight excluding hydrogens is 251 g/mol. The Morgan fingerprint density at radius 2 is 1.95 bits per heavy atom. The van der Waals surface area contributed by atoms with Crippen LogP contribution in [0, 0.1) is 13.8 Å². The molecule has 0 saturated carbocycles. The molecule has 0 aliphatic heterocycles. The highest BCUT2D eigenvalue weighted by molar-refractivity contribution is 5.77. The van der Waals surface area contributed by atoms with Crippen LogP contribution in [0.1, 0.15) is 37.0 Å². The van der Waals surface area contributed by atoms with E-state index in [1.807, 2.05) is 26.0 Å². The van der Waals surface area contributed by atoms with Crippen LogP contribution in [0.2, 0.25) is 0 Å². The van der Waals surface area contributed by atoms with Gasteiger partial charge in [0, 0.05) is 0 Å². The molecule has 1 unspecified atom stereocenters. The zero-order valence-electron chi connectivity index (χ0n) is 12.9. The minimum Gasteiger partial charge on any atom is -0.509 e. The zero-order chi connectivity index (χ0) is 15.7. The fourth-order valence-corrected chi connectivity index (χ4v) is 1.56. The van der Waals surface area contributed by atoms with Gasteiger partial charge in [-0.1, -0.05) is 49.9 Å². The molecule has 0 aliphatic carbocycles. The zero-order valence-corrected chi connectivity index (χ0v) is 12.9. The van der Waals surface area contributed by atoms with E-state index in [4.69, 9.17) is 5.11 Å². The smallest absolute Gasteiger partial charge is 0.109 e. The lowest BCUT2D eigenvalue weighted by molar-refractivity contribution is 0.352. The second kappa shape index (κ2) is 9.13. The molecular formula is C18H25FO. The van der Waals surface area contributed by atoms with Gasteiger partial charge in [0.05, 0.1) is 6.17 Å². The molecule has 2 heteroatoms. The second-order valence-corrected chi connectivity index (χ2v) is 4.80. The van der Waals surface area contributed by atoms with Gasteiger partial charge in [0.2, 0.25) is 0 Å². The molecule has 1 N–H and O–H groups in total. The van der Waals surface area contributed by atoms with E-state index in [2.05, 4.69) is 26.1 Å². The van der Waals surface area contributed by atoms with Crippen molar-refractivity contribution in [3.05, 3.63) is 66.0 Å². The van der Waals surface area contributed by atoms with Gasteiger partial charge in [-0.05, 0) is 50.0 Å². The summed E-state index contributed by atoms with van der Waals surface area (Å²) in [7, 11) is 0. The van der Waals surface area contributed by atoms with Crippen LogP contribution in [0.5, 0.6) is 0 Å². The number of rotatable bonds is 4. The fraction of sp³-hybridized carbons (Fsp3) is 0.333. The quantitative estimate of drug-likeness (QED) is 0.552. The molecule has 0 heterocycles. The van der Waals surface area contributed by atoms with E-state index in [0.29, 0.717) is 6.42 Å². The summed E-state index contributed by atoms with van der Waals surface area (Å²) < 4.78 is 11.4. The number of hydrogen-bond donors (Lipinski definition) is 1. The molecule has 0 saturated heterocycles. The summed E-state index contributed by atoms with van der Waals surface area (Å²) in [5.74, 6) is 0.0462. The topological polar surface area (TPSA) is 20.2 Å². The Balaban J connectivity index is 0.000000621. The molecule has 1 aromatic carbocycles. The summed E-state index contributed by atoms with van der Waals surface area (Å²) in [5.41, 5.74) is 4.36. The Hall–Kier alpha value is -1.83. The Bertz CT molecular complexity index is 484. The highest BCUT2D eigenvalue weighted by Crippen LogP contribution is 2.21. The average molecular weight is 276 g/mol. The maximum Gasteiger partial charge on any atom is 0.109 e. The molecule has 0 bridgehead atoms. The van der Waals surface area contributed by atoms with Crippen molar-refractivity contribution in [3.63, 3.8) is 0 Å². The van der Waals surface area contributed by atoms with Crippen LogP contribution in [0.3, 0.4) is 0 Å². The molecule has 0 aliphatic rings. The fourth-order valence-electron chi connectivity index (χ4n) is 1.56. The summed E-state index contributed by atoms with van der Waals surface area (Å²) >= 11 is 0.